The van der Waals surface area contributed by atoms with Gasteiger partial charge < -0.3 is 5.32 Å². The monoisotopic (exact) mass is 489 g/mol. The lowest BCUT2D eigenvalue weighted by Crippen LogP contribution is -2.57. The topological polar surface area (TPSA) is 46.2 Å². The fraction of sp³-hybridized carbons (Fsp3) is 0.400. The lowest BCUT2D eigenvalue weighted by molar-refractivity contribution is -0.134. The molecule has 0 bridgehead atoms. The van der Waals surface area contributed by atoms with E-state index in [9.17, 15) is 14.0 Å². The predicted molar refractivity (Wildman–Crippen MR) is 139 cm³/mol. The minimum Gasteiger partial charge on any atom is -0.349 e. The molecule has 0 unspecified atom stereocenters. The van der Waals surface area contributed by atoms with Crippen molar-refractivity contribution in [1.82, 2.24) is 5.32 Å². The fourth-order valence-corrected chi connectivity index (χ4v) is 7.06. The molecule has 3 aromatic rings. The zero-order valence-electron chi connectivity index (χ0n) is 20.8. The van der Waals surface area contributed by atoms with Gasteiger partial charge in [-0.3, -0.25) is 9.59 Å². The first-order valence-electron chi connectivity index (χ1n) is 12.4. The molecular formula is C30H32FNO2S. The van der Waals surface area contributed by atoms with Crippen molar-refractivity contribution in [3.8, 4) is 11.1 Å². The van der Waals surface area contributed by atoms with Crippen molar-refractivity contribution in [2.24, 2.45) is 11.3 Å². The molecule has 1 heterocycles. The Morgan fingerprint density at radius 2 is 1.63 bits per heavy atom. The molecular weight excluding hydrogens is 457 g/mol. The Kier molecular flexibility index (Phi) is 6.16. The maximum atomic E-state index is 14.0. The molecule has 5 heteroatoms. The summed E-state index contributed by atoms with van der Waals surface area (Å²) in [5.41, 5.74) is 5.81. The summed E-state index contributed by atoms with van der Waals surface area (Å²) in [6.07, 6.45) is 4.64. The van der Waals surface area contributed by atoms with Gasteiger partial charge in [-0.25, -0.2) is 4.39 Å². The van der Waals surface area contributed by atoms with Crippen LogP contribution in [0.15, 0.2) is 42.5 Å². The summed E-state index contributed by atoms with van der Waals surface area (Å²) >= 11 is 1.68. The number of thiophene rings is 1. The van der Waals surface area contributed by atoms with Crippen molar-refractivity contribution in [3.63, 3.8) is 0 Å². The Morgan fingerprint density at radius 3 is 2.26 bits per heavy atom. The van der Waals surface area contributed by atoms with Crippen LogP contribution in [0, 0.1) is 37.9 Å². The minimum atomic E-state index is -0.194. The van der Waals surface area contributed by atoms with Crippen molar-refractivity contribution in [2.75, 3.05) is 0 Å². The van der Waals surface area contributed by atoms with E-state index in [1.165, 1.54) is 4.88 Å². The molecule has 2 saturated carbocycles. The van der Waals surface area contributed by atoms with Crippen LogP contribution >= 0.6 is 11.3 Å². The second-order valence-electron chi connectivity index (χ2n) is 10.7. The van der Waals surface area contributed by atoms with E-state index in [1.807, 2.05) is 25.1 Å². The minimum absolute atomic E-state index is 0.0240. The molecule has 2 aromatic carbocycles. The smallest absolute Gasteiger partial charge is 0.252 e. The SMILES string of the molecule is CC(=O)C1CC2(CC(NC(=O)c3c(C)sc(C)c3Cc3ccc(-c4ccc(C)c(F)c4)cc3)C2)C1. The van der Waals surface area contributed by atoms with Gasteiger partial charge >= 0.3 is 0 Å². The van der Waals surface area contributed by atoms with E-state index in [1.54, 1.807) is 37.3 Å². The Bertz CT molecular complexity index is 1290. The molecule has 0 radical (unpaired) electrons. The van der Waals surface area contributed by atoms with E-state index >= 15 is 0 Å². The first kappa shape index (κ1) is 23.9. The normalized spacial score (nSPS) is 23.0. The molecule has 0 aliphatic heterocycles. The van der Waals surface area contributed by atoms with Crippen LogP contribution < -0.4 is 5.32 Å². The van der Waals surface area contributed by atoms with Crippen molar-refractivity contribution >= 4 is 23.0 Å². The van der Waals surface area contributed by atoms with Gasteiger partial charge in [-0.05, 0) is 99.1 Å². The van der Waals surface area contributed by atoms with Gasteiger partial charge in [-0.15, -0.1) is 11.3 Å². The fourth-order valence-electron chi connectivity index (χ4n) is 5.98. The van der Waals surface area contributed by atoms with E-state index in [2.05, 4.69) is 24.4 Å². The van der Waals surface area contributed by atoms with Gasteiger partial charge in [0.25, 0.3) is 5.91 Å². The number of benzene rings is 2. The van der Waals surface area contributed by atoms with Gasteiger partial charge in [0.05, 0.1) is 5.56 Å². The number of Topliss-reactive ketones (excluding diaryl/α,β-unsaturated/α-hetero) is 1. The lowest BCUT2D eigenvalue weighted by atomic mass is 9.49. The molecule has 1 amide bonds. The molecule has 2 aliphatic carbocycles. The van der Waals surface area contributed by atoms with E-state index in [0.29, 0.717) is 23.2 Å². The molecule has 2 fully saturated rings. The summed E-state index contributed by atoms with van der Waals surface area (Å²) in [4.78, 5) is 27.1. The van der Waals surface area contributed by atoms with Crippen LogP contribution in [0.25, 0.3) is 11.1 Å². The van der Waals surface area contributed by atoms with Crippen LogP contribution in [0.3, 0.4) is 0 Å². The van der Waals surface area contributed by atoms with Crippen LogP contribution in [0.1, 0.15) is 69.4 Å². The number of carbonyl (C=O) groups excluding carboxylic acids is 2. The molecule has 35 heavy (non-hydrogen) atoms. The van der Waals surface area contributed by atoms with Crippen LogP contribution in [0.2, 0.25) is 0 Å². The second kappa shape index (κ2) is 9.02. The highest BCUT2D eigenvalue weighted by molar-refractivity contribution is 7.12. The molecule has 3 nitrogen and oxygen atoms in total. The summed E-state index contributed by atoms with van der Waals surface area (Å²) < 4.78 is 14.0. The third-order valence-electron chi connectivity index (χ3n) is 8.08. The Morgan fingerprint density at radius 1 is 0.971 bits per heavy atom. The average Bonchev–Trinajstić information content (AvgIpc) is 3.03. The molecule has 1 spiro atoms. The molecule has 2 aliphatic rings. The van der Waals surface area contributed by atoms with Crippen molar-refractivity contribution in [2.45, 2.75) is 65.8 Å². The number of aryl methyl sites for hydroxylation is 3. The van der Waals surface area contributed by atoms with Crippen LogP contribution in [-0.4, -0.2) is 17.7 Å². The van der Waals surface area contributed by atoms with Crippen LogP contribution in [0.5, 0.6) is 0 Å². The van der Waals surface area contributed by atoms with Gasteiger partial charge in [0.2, 0.25) is 0 Å². The van der Waals surface area contributed by atoms with Crippen LogP contribution in [0.4, 0.5) is 4.39 Å². The van der Waals surface area contributed by atoms with Gasteiger partial charge in [0.15, 0.2) is 0 Å². The zero-order valence-corrected chi connectivity index (χ0v) is 21.7. The summed E-state index contributed by atoms with van der Waals surface area (Å²) in [5.74, 6) is 0.364. The predicted octanol–water partition coefficient (Wildman–Crippen LogP) is 6.95. The molecule has 5 rings (SSSR count). The quantitative estimate of drug-likeness (QED) is 0.407. The number of hydrogen-bond acceptors (Lipinski definition) is 3. The number of nitrogens with one attached hydrogen (secondary N) is 1. The number of halogens is 1. The van der Waals surface area contributed by atoms with E-state index in [0.717, 1.165) is 58.4 Å². The first-order chi connectivity index (χ1) is 16.6. The molecule has 182 valence electrons. The molecule has 0 saturated heterocycles. The Hall–Kier alpha value is -2.79. The third kappa shape index (κ3) is 4.58. The number of amides is 1. The van der Waals surface area contributed by atoms with Gasteiger partial charge in [-0.2, -0.15) is 0 Å². The number of hydrogen-bond donors (Lipinski definition) is 1. The lowest BCUT2D eigenvalue weighted by Gasteiger charge is -2.57. The van der Waals surface area contributed by atoms with E-state index in [-0.39, 0.29) is 23.7 Å². The van der Waals surface area contributed by atoms with Gasteiger partial charge in [0, 0.05) is 21.7 Å². The average molecular weight is 490 g/mol. The first-order valence-corrected chi connectivity index (χ1v) is 13.2. The number of ketones is 1. The van der Waals surface area contributed by atoms with Gasteiger partial charge in [-0.1, -0.05) is 36.4 Å². The second-order valence-corrected chi connectivity index (χ2v) is 12.1. The highest BCUT2D eigenvalue weighted by Crippen LogP contribution is 2.58. The highest BCUT2D eigenvalue weighted by Gasteiger charge is 2.54. The van der Waals surface area contributed by atoms with Crippen molar-refractivity contribution in [3.05, 3.63) is 80.3 Å². The zero-order chi connectivity index (χ0) is 24.9. The Labute approximate surface area is 210 Å². The largest absolute Gasteiger partial charge is 0.349 e. The Balaban J connectivity index is 1.26. The summed E-state index contributed by atoms with van der Waals surface area (Å²) in [5, 5.41) is 3.27. The summed E-state index contributed by atoms with van der Waals surface area (Å²) in [6, 6.07) is 13.7. The summed E-state index contributed by atoms with van der Waals surface area (Å²) in [7, 11) is 0. The van der Waals surface area contributed by atoms with E-state index in [4.69, 9.17) is 0 Å². The highest BCUT2D eigenvalue weighted by atomic mass is 32.1. The van der Waals surface area contributed by atoms with Gasteiger partial charge in [0.1, 0.15) is 11.6 Å². The van der Waals surface area contributed by atoms with E-state index < -0.39 is 0 Å². The molecule has 1 aromatic heterocycles. The number of carbonyl (C=O) groups is 2. The van der Waals surface area contributed by atoms with Crippen LogP contribution in [-0.2, 0) is 11.2 Å². The summed E-state index contributed by atoms with van der Waals surface area (Å²) in [6.45, 7) is 7.56. The molecule has 0 atom stereocenters. The maximum Gasteiger partial charge on any atom is 0.252 e. The number of rotatable bonds is 6. The maximum absolute atomic E-state index is 14.0. The third-order valence-corrected chi connectivity index (χ3v) is 9.14. The standard InChI is InChI=1S/C30H32FNO2S/c1-17-5-8-23(12-27(17)31)22-9-6-21(7-10-22)11-26-19(3)35-20(4)28(26)29(34)32-25-15-30(16-25)13-24(14-30)18(2)33/h5-10,12,24-25H,11,13-16H2,1-4H3,(H,32,34). The van der Waals surface area contributed by atoms with Crippen molar-refractivity contribution in [1.29, 1.82) is 0 Å². The van der Waals surface area contributed by atoms with Crippen molar-refractivity contribution < 1.29 is 14.0 Å². The molecule has 1 N–H and O–H groups in total.